The minimum Gasteiger partial charge on any atom is -0.481 e. The summed E-state index contributed by atoms with van der Waals surface area (Å²) >= 11 is 0. The van der Waals surface area contributed by atoms with Gasteiger partial charge in [0.25, 0.3) is 5.56 Å². The highest BCUT2D eigenvalue weighted by molar-refractivity contribution is 8.93. The van der Waals surface area contributed by atoms with Gasteiger partial charge in [0, 0.05) is 32.5 Å². The van der Waals surface area contributed by atoms with Crippen LogP contribution in [0.3, 0.4) is 0 Å². The molecule has 1 fully saturated rings. The van der Waals surface area contributed by atoms with Gasteiger partial charge in [-0.25, -0.2) is 9.78 Å². The molecule has 0 unspecified atom stereocenters. The second-order valence-electron chi connectivity index (χ2n) is 8.55. The molecule has 32 heavy (non-hydrogen) atoms. The lowest BCUT2D eigenvalue weighted by Crippen LogP contribution is -2.41. The molecule has 0 atom stereocenters. The van der Waals surface area contributed by atoms with Gasteiger partial charge in [-0.3, -0.25) is 18.7 Å². The van der Waals surface area contributed by atoms with Crippen molar-refractivity contribution >= 4 is 51.1 Å². The van der Waals surface area contributed by atoms with E-state index in [-0.39, 0.29) is 64.2 Å². The molecule has 0 aromatic carbocycles. The molecule has 1 aliphatic heterocycles. The molecular formula is C21H35Br2N5O4. The van der Waals surface area contributed by atoms with Crippen LogP contribution < -0.4 is 16.6 Å². The predicted octanol–water partition coefficient (Wildman–Crippen LogP) is 2.82. The summed E-state index contributed by atoms with van der Waals surface area (Å²) in [4.78, 5) is 41.7. The van der Waals surface area contributed by atoms with Crippen LogP contribution in [0.15, 0.2) is 9.59 Å². The monoisotopic (exact) mass is 579 g/mol. The van der Waals surface area contributed by atoms with E-state index in [0.29, 0.717) is 29.9 Å². The van der Waals surface area contributed by atoms with E-state index in [4.69, 9.17) is 10.1 Å². The van der Waals surface area contributed by atoms with Crippen LogP contribution in [0.25, 0.3) is 11.2 Å². The number of fused-ring (bicyclic) bond motifs is 1. The summed E-state index contributed by atoms with van der Waals surface area (Å²) in [6.45, 7) is 6.12. The Hall–Kier alpha value is -1.46. The van der Waals surface area contributed by atoms with Gasteiger partial charge in [0.05, 0.1) is 0 Å². The molecule has 11 heteroatoms. The number of aryl methyl sites for hydroxylation is 2. The molecule has 0 bridgehead atoms. The molecule has 2 N–H and O–H groups in total. The molecule has 3 rings (SSSR count). The number of rotatable bonds is 9. The van der Waals surface area contributed by atoms with Gasteiger partial charge in [-0.1, -0.05) is 0 Å². The Labute approximate surface area is 208 Å². The first-order valence-corrected chi connectivity index (χ1v) is 10.9. The van der Waals surface area contributed by atoms with E-state index in [2.05, 4.69) is 5.32 Å². The van der Waals surface area contributed by atoms with Crippen molar-refractivity contribution in [2.75, 3.05) is 13.1 Å². The van der Waals surface area contributed by atoms with Crippen molar-refractivity contribution in [3.8, 4) is 0 Å². The minimum absolute atomic E-state index is 0. The number of nitrogens with zero attached hydrogens (tertiary/aromatic N) is 4. The van der Waals surface area contributed by atoms with E-state index < -0.39 is 5.97 Å². The van der Waals surface area contributed by atoms with Crippen molar-refractivity contribution < 1.29 is 9.90 Å². The van der Waals surface area contributed by atoms with Crippen LogP contribution in [0, 0.1) is 5.92 Å². The van der Waals surface area contributed by atoms with Crippen molar-refractivity contribution in [1.82, 2.24) is 24.0 Å². The lowest BCUT2D eigenvalue weighted by molar-refractivity contribution is -0.137. The van der Waals surface area contributed by atoms with Gasteiger partial charge in [-0.05, 0) is 65.0 Å². The summed E-state index contributed by atoms with van der Waals surface area (Å²) in [5, 5.41) is 12.2. The van der Waals surface area contributed by atoms with Crippen molar-refractivity contribution in [2.24, 2.45) is 13.0 Å². The number of carboxylic acids is 1. The normalized spacial score (nSPS) is 14.4. The topological polar surface area (TPSA) is 111 Å². The quantitative estimate of drug-likeness (QED) is 0.441. The van der Waals surface area contributed by atoms with Gasteiger partial charge < -0.3 is 15.0 Å². The summed E-state index contributed by atoms with van der Waals surface area (Å²) in [6, 6.07) is -0.141. The first-order valence-electron chi connectivity index (χ1n) is 10.9. The maximum absolute atomic E-state index is 13.2. The number of carbonyl (C=O) groups is 1. The molecule has 0 aliphatic carbocycles. The summed E-state index contributed by atoms with van der Waals surface area (Å²) in [5.74, 6) is 0.615. The molecule has 0 radical (unpaired) electrons. The van der Waals surface area contributed by atoms with Crippen LogP contribution in [-0.4, -0.2) is 42.9 Å². The summed E-state index contributed by atoms with van der Waals surface area (Å²) < 4.78 is 4.66. The zero-order valence-electron chi connectivity index (χ0n) is 19.0. The average Bonchev–Trinajstić information content (AvgIpc) is 3.02. The van der Waals surface area contributed by atoms with Crippen LogP contribution >= 0.6 is 34.0 Å². The molecule has 0 saturated carbocycles. The van der Waals surface area contributed by atoms with Gasteiger partial charge in [0.2, 0.25) is 0 Å². The zero-order chi connectivity index (χ0) is 21.8. The van der Waals surface area contributed by atoms with Crippen molar-refractivity contribution in [3.05, 3.63) is 26.7 Å². The average molecular weight is 581 g/mol. The first kappa shape index (κ1) is 28.6. The van der Waals surface area contributed by atoms with Gasteiger partial charge in [-0.15, -0.1) is 34.0 Å². The number of imidazole rings is 1. The highest BCUT2D eigenvalue weighted by Crippen LogP contribution is 2.20. The molecule has 182 valence electrons. The third kappa shape index (κ3) is 6.32. The van der Waals surface area contributed by atoms with Crippen molar-refractivity contribution in [2.45, 2.75) is 71.4 Å². The van der Waals surface area contributed by atoms with Crippen LogP contribution in [0.5, 0.6) is 0 Å². The number of carboxylic acid groups (broad SMARTS) is 1. The molecule has 9 nitrogen and oxygen atoms in total. The smallest absolute Gasteiger partial charge is 0.332 e. The number of unbranched alkanes of at least 4 members (excludes halogenated alkanes) is 1. The number of halogens is 2. The minimum atomic E-state index is -0.873. The number of nitrogens with one attached hydrogen (secondary N) is 1. The van der Waals surface area contributed by atoms with Gasteiger partial charge in [0.15, 0.2) is 11.2 Å². The predicted molar refractivity (Wildman–Crippen MR) is 136 cm³/mol. The lowest BCUT2D eigenvalue weighted by atomic mass is 9.93. The van der Waals surface area contributed by atoms with Gasteiger partial charge in [0.1, 0.15) is 5.82 Å². The Morgan fingerprint density at radius 1 is 1.19 bits per heavy atom. The molecule has 2 aromatic heterocycles. The molecule has 1 aliphatic rings. The largest absolute Gasteiger partial charge is 0.481 e. The van der Waals surface area contributed by atoms with E-state index in [9.17, 15) is 14.4 Å². The standard InChI is InChI=1S/C21H33N5O4.2BrH/c1-14(2)26-19-18(20(29)25(21(26)30)13-5-4-6-17(27)28)24(3)16(23-19)8-7-15-9-11-22-12-10-15;;/h14-15,22H,4-13H2,1-3H3,(H,27,28);2*1H. The Bertz CT molecular complexity index is 1020. The lowest BCUT2D eigenvalue weighted by Gasteiger charge is -2.22. The fourth-order valence-electron chi connectivity index (χ4n) is 4.31. The fraction of sp³-hybridized carbons (Fsp3) is 0.714. The molecule has 3 heterocycles. The Kier molecular flexibility index (Phi) is 11.3. The second kappa shape index (κ2) is 12.7. The summed E-state index contributed by atoms with van der Waals surface area (Å²) in [5.41, 5.74) is 0.178. The summed E-state index contributed by atoms with van der Waals surface area (Å²) in [7, 11) is 1.85. The molecule has 2 aromatic rings. The number of aromatic nitrogens is 4. The second-order valence-corrected chi connectivity index (χ2v) is 8.55. The molecule has 1 saturated heterocycles. The highest BCUT2D eigenvalue weighted by Gasteiger charge is 2.22. The zero-order valence-corrected chi connectivity index (χ0v) is 22.4. The maximum Gasteiger partial charge on any atom is 0.332 e. The fourth-order valence-corrected chi connectivity index (χ4v) is 4.31. The Balaban J connectivity index is 0.00000256. The SMILES string of the molecule is Br.Br.CC(C)n1c(=O)n(CCCCC(=O)O)c(=O)c2c1nc(CCC1CCNCC1)n2C. The molecule has 0 amide bonds. The van der Waals surface area contributed by atoms with Crippen LogP contribution in [0.4, 0.5) is 0 Å². The van der Waals surface area contributed by atoms with E-state index >= 15 is 0 Å². The van der Waals surface area contributed by atoms with Crippen LogP contribution in [-0.2, 0) is 24.8 Å². The van der Waals surface area contributed by atoms with Gasteiger partial charge in [-0.2, -0.15) is 0 Å². The Morgan fingerprint density at radius 3 is 2.44 bits per heavy atom. The van der Waals surface area contributed by atoms with Crippen LogP contribution in [0.1, 0.15) is 64.2 Å². The number of piperidine rings is 1. The Morgan fingerprint density at radius 2 is 1.84 bits per heavy atom. The van der Waals surface area contributed by atoms with E-state index in [0.717, 1.165) is 44.6 Å². The number of aliphatic carboxylic acids is 1. The number of hydrogen-bond donors (Lipinski definition) is 2. The third-order valence-electron chi connectivity index (χ3n) is 6.06. The van der Waals surface area contributed by atoms with E-state index in [1.807, 2.05) is 25.5 Å². The van der Waals surface area contributed by atoms with Crippen molar-refractivity contribution in [1.29, 1.82) is 0 Å². The van der Waals surface area contributed by atoms with Gasteiger partial charge >= 0.3 is 11.7 Å². The van der Waals surface area contributed by atoms with E-state index in [1.165, 1.54) is 4.57 Å². The number of hydrogen-bond acceptors (Lipinski definition) is 5. The van der Waals surface area contributed by atoms with Crippen molar-refractivity contribution in [3.63, 3.8) is 0 Å². The van der Waals surface area contributed by atoms with E-state index in [1.54, 1.807) is 4.57 Å². The highest BCUT2D eigenvalue weighted by atomic mass is 79.9. The third-order valence-corrected chi connectivity index (χ3v) is 6.06. The first-order chi connectivity index (χ1) is 14.3. The molecule has 0 spiro atoms. The van der Waals surface area contributed by atoms with Crippen LogP contribution in [0.2, 0.25) is 0 Å². The maximum atomic E-state index is 13.2. The molecular weight excluding hydrogens is 546 g/mol. The summed E-state index contributed by atoms with van der Waals surface area (Å²) in [6.07, 6.45) is 5.03.